The lowest BCUT2D eigenvalue weighted by atomic mass is 10.1. The number of anilines is 1. The molecule has 19 heavy (non-hydrogen) atoms. The first-order valence-corrected chi connectivity index (χ1v) is 6.29. The van der Waals surface area contributed by atoms with E-state index >= 15 is 0 Å². The number of hydrogen-bond donors (Lipinski definition) is 2. The zero-order chi connectivity index (χ0) is 14.4. The molecule has 104 valence electrons. The molecule has 1 aromatic carbocycles. The fourth-order valence-electron chi connectivity index (χ4n) is 1.69. The number of urea groups is 1. The Balaban J connectivity index is 2.75. The third-order valence-electron chi connectivity index (χ3n) is 2.67. The highest BCUT2D eigenvalue weighted by molar-refractivity contribution is 5.96. The molecule has 1 atom stereocenters. The number of nitrogens with one attached hydrogen (secondary N) is 1. The number of likely N-dealkylation sites (N-methyl/N-ethyl adjacent to an activating group) is 1. The SMILES string of the molecule is CCN(CC(C)O)C(=O)Nc1cccc(C(C)=O)c1. The molecule has 2 N–H and O–H groups in total. The van der Waals surface area contributed by atoms with E-state index in [9.17, 15) is 14.7 Å². The number of amides is 2. The largest absolute Gasteiger partial charge is 0.392 e. The van der Waals surface area contributed by atoms with Crippen LogP contribution in [0.5, 0.6) is 0 Å². The Bertz CT molecular complexity index is 458. The van der Waals surface area contributed by atoms with Gasteiger partial charge >= 0.3 is 6.03 Å². The van der Waals surface area contributed by atoms with Gasteiger partial charge in [0.1, 0.15) is 0 Å². The number of Topliss-reactive ketones (excluding diaryl/α,β-unsaturated/α-hetero) is 1. The van der Waals surface area contributed by atoms with Gasteiger partial charge in [0, 0.05) is 24.3 Å². The van der Waals surface area contributed by atoms with Crippen LogP contribution in [0.4, 0.5) is 10.5 Å². The molecule has 0 aliphatic carbocycles. The zero-order valence-electron chi connectivity index (χ0n) is 11.5. The molecule has 0 bridgehead atoms. The lowest BCUT2D eigenvalue weighted by Gasteiger charge is -2.22. The number of ketones is 1. The second-order valence-corrected chi connectivity index (χ2v) is 4.45. The average molecular weight is 264 g/mol. The number of nitrogens with zero attached hydrogens (tertiary/aromatic N) is 1. The Morgan fingerprint density at radius 2 is 2.11 bits per heavy atom. The van der Waals surface area contributed by atoms with Crippen LogP contribution in [-0.4, -0.2) is 41.0 Å². The standard InChI is InChI=1S/C14H20N2O3/c1-4-16(9-10(2)17)14(19)15-13-7-5-6-12(8-13)11(3)18/h5-8,10,17H,4,9H2,1-3H3,(H,15,19). The van der Waals surface area contributed by atoms with E-state index in [-0.39, 0.29) is 18.4 Å². The quantitative estimate of drug-likeness (QED) is 0.800. The van der Waals surface area contributed by atoms with E-state index in [0.29, 0.717) is 17.8 Å². The third kappa shape index (κ3) is 4.71. The number of aliphatic hydroxyl groups is 1. The van der Waals surface area contributed by atoms with E-state index in [2.05, 4.69) is 5.32 Å². The van der Waals surface area contributed by atoms with Gasteiger partial charge in [0.15, 0.2) is 5.78 Å². The van der Waals surface area contributed by atoms with E-state index < -0.39 is 6.10 Å². The summed E-state index contributed by atoms with van der Waals surface area (Å²) in [7, 11) is 0. The van der Waals surface area contributed by atoms with E-state index in [4.69, 9.17) is 0 Å². The molecule has 0 saturated carbocycles. The fraction of sp³-hybridized carbons (Fsp3) is 0.429. The predicted octanol–water partition coefficient (Wildman–Crippen LogP) is 2.12. The summed E-state index contributed by atoms with van der Waals surface area (Å²) in [5.74, 6) is -0.0487. The van der Waals surface area contributed by atoms with Crippen LogP contribution in [0.3, 0.4) is 0 Å². The van der Waals surface area contributed by atoms with Crippen molar-refractivity contribution in [2.75, 3.05) is 18.4 Å². The molecule has 1 rings (SSSR count). The van der Waals surface area contributed by atoms with Gasteiger partial charge in [-0.1, -0.05) is 12.1 Å². The van der Waals surface area contributed by atoms with Crippen molar-refractivity contribution < 1.29 is 14.7 Å². The Morgan fingerprint density at radius 1 is 1.42 bits per heavy atom. The average Bonchev–Trinajstić information content (AvgIpc) is 2.35. The molecule has 2 amide bonds. The smallest absolute Gasteiger partial charge is 0.321 e. The van der Waals surface area contributed by atoms with Crippen LogP contribution in [-0.2, 0) is 0 Å². The van der Waals surface area contributed by atoms with Gasteiger partial charge in [0.25, 0.3) is 0 Å². The summed E-state index contributed by atoms with van der Waals surface area (Å²) in [4.78, 5) is 24.7. The second kappa shape index (κ2) is 6.89. The van der Waals surface area contributed by atoms with Crippen molar-refractivity contribution in [3.05, 3.63) is 29.8 Å². The molecule has 1 unspecified atom stereocenters. The van der Waals surface area contributed by atoms with Gasteiger partial charge in [-0.05, 0) is 32.9 Å². The summed E-state index contributed by atoms with van der Waals surface area (Å²) in [5.41, 5.74) is 1.12. The summed E-state index contributed by atoms with van der Waals surface area (Å²) < 4.78 is 0. The first-order valence-electron chi connectivity index (χ1n) is 6.29. The third-order valence-corrected chi connectivity index (χ3v) is 2.67. The highest BCUT2D eigenvalue weighted by Crippen LogP contribution is 2.12. The van der Waals surface area contributed by atoms with Gasteiger partial charge in [-0.2, -0.15) is 0 Å². The lowest BCUT2D eigenvalue weighted by molar-refractivity contribution is 0.101. The summed E-state index contributed by atoms with van der Waals surface area (Å²) >= 11 is 0. The Kier molecular flexibility index (Phi) is 5.51. The van der Waals surface area contributed by atoms with Crippen molar-refractivity contribution in [2.45, 2.75) is 26.9 Å². The van der Waals surface area contributed by atoms with Gasteiger partial charge in [-0.3, -0.25) is 4.79 Å². The van der Waals surface area contributed by atoms with Gasteiger partial charge in [0.05, 0.1) is 6.10 Å². The molecule has 0 aromatic heterocycles. The maximum absolute atomic E-state index is 12.0. The van der Waals surface area contributed by atoms with Crippen molar-refractivity contribution in [3.63, 3.8) is 0 Å². The summed E-state index contributed by atoms with van der Waals surface area (Å²) in [6.07, 6.45) is -0.575. The number of carbonyl (C=O) groups is 2. The summed E-state index contributed by atoms with van der Waals surface area (Å²) in [5, 5.41) is 12.0. The molecular formula is C14H20N2O3. The van der Waals surface area contributed by atoms with Crippen LogP contribution < -0.4 is 5.32 Å². The van der Waals surface area contributed by atoms with E-state index in [1.165, 1.54) is 11.8 Å². The molecule has 0 fully saturated rings. The maximum Gasteiger partial charge on any atom is 0.321 e. The number of benzene rings is 1. The lowest BCUT2D eigenvalue weighted by Crippen LogP contribution is -2.39. The molecule has 0 spiro atoms. The van der Waals surface area contributed by atoms with Crippen molar-refractivity contribution in [1.29, 1.82) is 0 Å². The van der Waals surface area contributed by atoms with Crippen LogP contribution in [0.2, 0.25) is 0 Å². The first-order chi connectivity index (χ1) is 8.93. The van der Waals surface area contributed by atoms with E-state index in [1.54, 1.807) is 31.2 Å². The minimum absolute atomic E-state index is 0.0487. The Morgan fingerprint density at radius 3 is 2.63 bits per heavy atom. The zero-order valence-corrected chi connectivity index (χ0v) is 11.5. The van der Waals surface area contributed by atoms with Gasteiger partial charge in [-0.15, -0.1) is 0 Å². The molecule has 1 aromatic rings. The first kappa shape index (κ1) is 15.2. The van der Waals surface area contributed by atoms with E-state index in [0.717, 1.165) is 0 Å². The van der Waals surface area contributed by atoms with Gasteiger partial charge in [-0.25, -0.2) is 4.79 Å². The topological polar surface area (TPSA) is 69.6 Å². The predicted molar refractivity (Wildman–Crippen MR) is 74.4 cm³/mol. The molecule has 5 heteroatoms. The number of hydrogen-bond acceptors (Lipinski definition) is 3. The number of rotatable bonds is 5. The molecule has 5 nitrogen and oxygen atoms in total. The molecule has 0 aliphatic heterocycles. The van der Waals surface area contributed by atoms with Crippen molar-refractivity contribution >= 4 is 17.5 Å². The molecule has 0 aliphatic rings. The van der Waals surface area contributed by atoms with Gasteiger partial charge < -0.3 is 15.3 Å². The van der Waals surface area contributed by atoms with E-state index in [1.807, 2.05) is 6.92 Å². The highest BCUT2D eigenvalue weighted by Gasteiger charge is 2.14. The summed E-state index contributed by atoms with van der Waals surface area (Å²) in [6.45, 7) is 5.73. The minimum Gasteiger partial charge on any atom is -0.392 e. The molecule has 0 radical (unpaired) electrons. The summed E-state index contributed by atoms with van der Waals surface area (Å²) in [6, 6.07) is 6.49. The van der Waals surface area contributed by atoms with Crippen LogP contribution in [0, 0.1) is 0 Å². The fourth-order valence-corrected chi connectivity index (χ4v) is 1.69. The molecular weight excluding hydrogens is 244 g/mol. The minimum atomic E-state index is -0.575. The number of carbonyl (C=O) groups excluding carboxylic acids is 2. The van der Waals surface area contributed by atoms with Crippen LogP contribution in [0.25, 0.3) is 0 Å². The number of aliphatic hydroxyl groups excluding tert-OH is 1. The Hall–Kier alpha value is -1.88. The van der Waals surface area contributed by atoms with Crippen molar-refractivity contribution in [3.8, 4) is 0 Å². The van der Waals surface area contributed by atoms with Crippen LogP contribution in [0.15, 0.2) is 24.3 Å². The monoisotopic (exact) mass is 264 g/mol. The van der Waals surface area contributed by atoms with Crippen molar-refractivity contribution in [2.24, 2.45) is 0 Å². The second-order valence-electron chi connectivity index (χ2n) is 4.45. The molecule has 0 heterocycles. The van der Waals surface area contributed by atoms with Crippen LogP contribution in [0.1, 0.15) is 31.1 Å². The normalized spacial score (nSPS) is 11.8. The van der Waals surface area contributed by atoms with Gasteiger partial charge in [0.2, 0.25) is 0 Å². The maximum atomic E-state index is 12.0. The Labute approximate surface area is 113 Å². The molecule has 0 saturated heterocycles. The highest BCUT2D eigenvalue weighted by atomic mass is 16.3. The van der Waals surface area contributed by atoms with Crippen LogP contribution >= 0.6 is 0 Å². The van der Waals surface area contributed by atoms with Crippen molar-refractivity contribution in [1.82, 2.24) is 4.90 Å².